The van der Waals surface area contributed by atoms with Crippen LogP contribution < -0.4 is 21.5 Å². The minimum absolute atomic E-state index is 0.108. The monoisotopic (exact) mass is 454 g/mol. The molecule has 0 fully saturated rings. The fourth-order valence-corrected chi connectivity index (χ4v) is 3.39. The summed E-state index contributed by atoms with van der Waals surface area (Å²) in [5, 5.41) is 19.3. The molecule has 0 bridgehead atoms. The van der Waals surface area contributed by atoms with Gasteiger partial charge in [-0.25, -0.2) is 4.98 Å². The van der Waals surface area contributed by atoms with Crippen LogP contribution >= 0.6 is 11.6 Å². The zero-order chi connectivity index (χ0) is 23.3. The van der Waals surface area contributed by atoms with E-state index in [4.69, 9.17) is 16.3 Å². The average Bonchev–Trinajstić information content (AvgIpc) is 2.77. The van der Waals surface area contributed by atoms with Crippen molar-refractivity contribution in [1.82, 2.24) is 14.9 Å². The molecule has 3 N–H and O–H groups in total. The number of nitriles is 1. The smallest absolute Gasteiger partial charge is 0.252 e. The number of pyridine rings is 2. The zero-order valence-electron chi connectivity index (χ0n) is 17.9. The molecule has 1 amide bonds. The van der Waals surface area contributed by atoms with Crippen molar-refractivity contribution in [3.8, 4) is 6.07 Å². The number of benzene rings is 1. The number of anilines is 3. The number of nitrogens with zero attached hydrogens (tertiary/aromatic N) is 3. The lowest BCUT2D eigenvalue weighted by Crippen LogP contribution is -2.39. The molecule has 2 heterocycles. The van der Waals surface area contributed by atoms with Gasteiger partial charge < -0.3 is 25.3 Å². The highest BCUT2D eigenvalue weighted by Gasteiger charge is 2.16. The lowest BCUT2D eigenvalue weighted by Gasteiger charge is -2.18. The first-order chi connectivity index (χ1) is 15.3. The number of aryl methyl sites for hydroxylation is 1. The Labute approximate surface area is 190 Å². The Kier molecular flexibility index (Phi) is 7.30. The molecule has 32 heavy (non-hydrogen) atoms. The maximum Gasteiger partial charge on any atom is 0.252 e. The molecule has 3 aromatic rings. The number of halogens is 1. The molecule has 0 radical (unpaired) electrons. The highest BCUT2D eigenvalue weighted by molar-refractivity contribution is 6.31. The van der Waals surface area contributed by atoms with Crippen LogP contribution in [0.25, 0.3) is 10.9 Å². The van der Waals surface area contributed by atoms with Gasteiger partial charge >= 0.3 is 0 Å². The van der Waals surface area contributed by atoms with Gasteiger partial charge in [0.05, 0.1) is 17.8 Å². The predicted molar refractivity (Wildman–Crippen MR) is 124 cm³/mol. The maximum absolute atomic E-state index is 12.4. The molecule has 3 rings (SSSR count). The first-order valence-corrected chi connectivity index (χ1v) is 10.2. The van der Waals surface area contributed by atoms with Crippen LogP contribution in [0.15, 0.2) is 41.3 Å². The lowest BCUT2D eigenvalue weighted by atomic mass is 10.1. The van der Waals surface area contributed by atoms with E-state index < -0.39 is 6.04 Å². The van der Waals surface area contributed by atoms with Crippen molar-refractivity contribution < 1.29 is 9.53 Å². The van der Waals surface area contributed by atoms with Gasteiger partial charge in [-0.3, -0.25) is 9.59 Å². The number of nitrogens with one attached hydrogen (secondary N) is 3. The van der Waals surface area contributed by atoms with Gasteiger partial charge in [-0.2, -0.15) is 5.26 Å². The minimum atomic E-state index is -0.581. The first kappa shape index (κ1) is 23.1. The van der Waals surface area contributed by atoms with E-state index in [0.717, 1.165) is 5.39 Å². The second kappa shape index (κ2) is 10.1. The van der Waals surface area contributed by atoms with Crippen LogP contribution in [-0.2, 0) is 16.6 Å². The molecule has 2 aromatic heterocycles. The van der Waals surface area contributed by atoms with Gasteiger partial charge in [0, 0.05) is 49.7 Å². The summed E-state index contributed by atoms with van der Waals surface area (Å²) in [5.41, 5.74) is 2.42. The van der Waals surface area contributed by atoms with Crippen LogP contribution in [0, 0.1) is 11.3 Å². The van der Waals surface area contributed by atoms with Crippen LogP contribution in [0.1, 0.15) is 12.5 Å². The van der Waals surface area contributed by atoms with E-state index in [1.54, 1.807) is 39.3 Å². The number of hydrogen-bond donors (Lipinski definition) is 3. The molecule has 0 aliphatic heterocycles. The minimum Gasteiger partial charge on any atom is -0.383 e. The summed E-state index contributed by atoms with van der Waals surface area (Å²) in [6.07, 6.45) is 1.51. The lowest BCUT2D eigenvalue weighted by molar-refractivity contribution is -0.121. The molecule has 1 atom stereocenters. The first-order valence-electron chi connectivity index (χ1n) is 9.84. The highest BCUT2D eigenvalue weighted by Crippen LogP contribution is 2.29. The quantitative estimate of drug-likeness (QED) is 0.353. The summed E-state index contributed by atoms with van der Waals surface area (Å²) >= 11 is 6.02. The Bertz CT molecular complexity index is 1250. The average molecular weight is 455 g/mol. The van der Waals surface area contributed by atoms with E-state index in [9.17, 15) is 14.9 Å². The number of ether oxygens (including phenoxy) is 1. The van der Waals surface area contributed by atoms with Gasteiger partial charge in [0.2, 0.25) is 5.91 Å². The summed E-state index contributed by atoms with van der Waals surface area (Å²) in [6.45, 7) is 2.51. The van der Waals surface area contributed by atoms with Crippen molar-refractivity contribution in [3.63, 3.8) is 0 Å². The Morgan fingerprint density at radius 3 is 2.81 bits per heavy atom. The Morgan fingerprint density at radius 2 is 2.09 bits per heavy atom. The van der Waals surface area contributed by atoms with Crippen molar-refractivity contribution in [1.29, 1.82) is 5.26 Å². The van der Waals surface area contributed by atoms with E-state index in [-0.39, 0.29) is 22.2 Å². The van der Waals surface area contributed by atoms with E-state index >= 15 is 0 Å². The number of amides is 1. The van der Waals surface area contributed by atoms with Crippen molar-refractivity contribution in [2.24, 2.45) is 7.05 Å². The van der Waals surface area contributed by atoms with Crippen molar-refractivity contribution in [3.05, 3.63) is 57.6 Å². The van der Waals surface area contributed by atoms with Gasteiger partial charge in [-0.1, -0.05) is 11.6 Å². The molecule has 0 aliphatic rings. The summed E-state index contributed by atoms with van der Waals surface area (Å²) in [4.78, 5) is 28.7. The third-order valence-corrected chi connectivity index (χ3v) is 5.20. The number of hydrogen-bond acceptors (Lipinski definition) is 7. The molecule has 10 heteroatoms. The van der Waals surface area contributed by atoms with Gasteiger partial charge in [0.1, 0.15) is 22.8 Å². The molecule has 166 valence electrons. The Morgan fingerprint density at radius 1 is 1.31 bits per heavy atom. The third-order valence-electron chi connectivity index (χ3n) is 4.91. The van der Waals surface area contributed by atoms with Crippen molar-refractivity contribution in [2.75, 3.05) is 30.9 Å². The largest absolute Gasteiger partial charge is 0.383 e. The Hall–Kier alpha value is -3.61. The number of carbonyl (C=O) groups excluding carboxylic acids is 1. The van der Waals surface area contributed by atoms with Gasteiger partial charge in [0.15, 0.2) is 0 Å². The van der Waals surface area contributed by atoms with Crippen LogP contribution in [0.3, 0.4) is 0 Å². The van der Waals surface area contributed by atoms with Gasteiger partial charge in [-0.05, 0) is 31.2 Å². The standard InChI is InChI=1S/C22H23ClN6O3/c1-13(22(31)26-8-9-32-3)27-18-11-20(30)29(2)19-5-4-14(10-15(18)19)28-17-6-7-25-21(23)16(17)12-24/h4-7,10-11,13,27H,8-9H2,1-3H3,(H,25,28)(H,26,31)/t13-/m1/s1. The zero-order valence-corrected chi connectivity index (χ0v) is 18.7. The van der Waals surface area contributed by atoms with Crippen LogP contribution in [0.2, 0.25) is 5.15 Å². The molecule has 0 saturated heterocycles. The fourth-order valence-electron chi connectivity index (χ4n) is 3.19. The summed E-state index contributed by atoms with van der Waals surface area (Å²) in [5.74, 6) is -0.213. The molecule has 0 unspecified atom stereocenters. The molecule has 0 aliphatic carbocycles. The van der Waals surface area contributed by atoms with Crippen molar-refractivity contribution >= 4 is 45.5 Å². The predicted octanol–water partition coefficient (Wildman–Crippen LogP) is 2.77. The molecule has 0 saturated carbocycles. The van der Waals surface area contributed by atoms with E-state index in [1.807, 2.05) is 12.1 Å². The topological polar surface area (TPSA) is 121 Å². The second-order valence-corrected chi connectivity index (χ2v) is 7.46. The second-order valence-electron chi connectivity index (χ2n) is 7.10. The number of rotatable bonds is 8. The van der Waals surface area contributed by atoms with E-state index in [0.29, 0.717) is 35.7 Å². The number of aromatic nitrogens is 2. The molecule has 0 spiro atoms. The summed E-state index contributed by atoms with van der Waals surface area (Å²) < 4.78 is 6.47. The molecular formula is C22H23ClN6O3. The van der Waals surface area contributed by atoms with Crippen LogP contribution in [-0.4, -0.2) is 41.8 Å². The molecule has 9 nitrogen and oxygen atoms in total. The van der Waals surface area contributed by atoms with Gasteiger partial charge in [0.25, 0.3) is 5.56 Å². The SMILES string of the molecule is COCCNC(=O)[C@@H](C)Nc1cc(=O)n(C)c2ccc(Nc3ccnc(Cl)c3C#N)cc12. The third kappa shape index (κ3) is 4.99. The van der Waals surface area contributed by atoms with Gasteiger partial charge in [-0.15, -0.1) is 0 Å². The number of carbonyl (C=O) groups is 1. The fraction of sp³-hybridized carbons (Fsp3) is 0.273. The normalized spacial score (nSPS) is 11.6. The number of fused-ring (bicyclic) bond motifs is 1. The molecular weight excluding hydrogens is 432 g/mol. The summed E-state index contributed by atoms with van der Waals surface area (Å²) in [7, 11) is 3.24. The van der Waals surface area contributed by atoms with Crippen molar-refractivity contribution in [2.45, 2.75) is 13.0 Å². The van der Waals surface area contributed by atoms with Crippen LogP contribution in [0.4, 0.5) is 17.1 Å². The Balaban J connectivity index is 1.96. The van der Waals surface area contributed by atoms with E-state index in [2.05, 4.69) is 20.9 Å². The summed E-state index contributed by atoms with van der Waals surface area (Å²) in [6, 6.07) is 9.99. The van der Waals surface area contributed by atoms with E-state index in [1.165, 1.54) is 16.8 Å². The van der Waals surface area contributed by atoms with Crippen LogP contribution in [0.5, 0.6) is 0 Å². The number of methoxy groups -OCH3 is 1. The maximum atomic E-state index is 12.4. The molecule has 1 aromatic carbocycles. The highest BCUT2D eigenvalue weighted by atomic mass is 35.5.